The average molecular weight is 436 g/mol. The molecule has 0 N–H and O–H groups in total. The first-order valence-electron chi connectivity index (χ1n) is 11.9. The van der Waals surface area contributed by atoms with Crippen LogP contribution in [0.1, 0.15) is 42.6 Å². The number of benzene rings is 2. The molecule has 5 heteroatoms. The molecule has 170 valence electrons. The second-order valence-electron chi connectivity index (χ2n) is 8.88. The molecule has 0 unspecified atom stereocenters. The zero-order valence-corrected chi connectivity index (χ0v) is 19.3. The first-order chi connectivity index (χ1) is 15.6. The van der Waals surface area contributed by atoms with Gasteiger partial charge in [0.2, 0.25) is 0 Å². The molecule has 2 heterocycles. The Morgan fingerprint density at radius 2 is 1.75 bits per heavy atom. The Morgan fingerprint density at radius 3 is 2.44 bits per heavy atom. The molecule has 32 heavy (non-hydrogen) atoms. The summed E-state index contributed by atoms with van der Waals surface area (Å²) >= 11 is 0. The predicted octanol–water partition coefficient (Wildman–Crippen LogP) is 5.22. The molecule has 1 aliphatic rings. The molecule has 3 aromatic rings. The van der Waals surface area contributed by atoms with Gasteiger partial charge in [-0.05, 0) is 80.2 Å². The monoisotopic (exact) mass is 435 g/mol. The van der Waals surface area contributed by atoms with Gasteiger partial charge in [0.25, 0.3) is 5.91 Å². The van der Waals surface area contributed by atoms with Crippen LogP contribution >= 0.6 is 0 Å². The third-order valence-corrected chi connectivity index (χ3v) is 6.91. The van der Waals surface area contributed by atoms with Crippen LogP contribution in [-0.2, 0) is 13.0 Å². The maximum Gasteiger partial charge on any atom is 0.253 e. The molecular formula is C27H34FN3O. The van der Waals surface area contributed by atoms with Crippen LogP contribution in [0.25, 0.3) is 10.9 Å². The summed E-state index contributed by atoms with van der Waals surface area (Å²) in [5.41, 5.74) is 3.13. The molecule has 0 spiro atoms. The van der Waals surface area contributed by atoms with E-state index >= 15 is 0 Å². The first-order valence-corrected chi connectivity index (χ1v) is 11.9. The Bertz CT molecular complexity index is 1030. The van der Waals surface area contributed by atoms with Gasteiger partial charge in [0.15, 0.2) is 0 Å². The Balaban J connectivity index is 1.35. The molecule has 1 aliphatic heterocycles. The minimum Gasteiger partial charge on any atom is -0.346 e. The van der Waals surface area contributed by atoms with E-state index in [1.807, 2.05) is 29.2 Å². The smallest absolute Gasteiger partial charge is 0.253 e. The molecule has 1 saturated heterocycles. The molecule has 0 atom stereocenters. The molecule has 1 amide bonds. The molecule has 2 aromatic carbocycles. The van der Waals surface area contributed by atoms with E-state index in [1.54, 1.807) is 0 Å². The maximum atomic E-state index is 13.1. The highest BCUT2D eigenvalue weighted by molar-refractivity contribution is 5.98. The van der Waals surface area contributed by atoms with Gasteiger partial charge in [-0.25, -0.2) is 4.39 Å². The third-order valence-electron chi connectivity index (χ3n) is 6.91. The van der Waals surface area contributed by atoms with Crippen molar-refractivity contribution in [3.8, 4) is 0 Å². The number of rotatable bonds is 8. The number of fused-ring (bicyclic) bond motifs is 1. The van der Waals surface area contributed by atoms with Gasteiger partial charge < -0.3 is 14.4 Å². The lowest BCUT2D eigenvalue weighted by molar-refractivity contribution is 0.0690. The highest BCUT2D eigenvalue weighted by atomic mass is 19.1. The quantitative estimate of drug-likeness (QED) is 0.485. The zero-order valence-electron chi connectivity index (χ0n) is 19.3. The molecular weight excluding hydrogens is 401 g/mol. The number of hydrogen-bond donors (Lipinski definition) is 0. The van der Waals surface area contributed by atoms with Gasteiger partial charge in [-0.15, -0.1) is 0 Å². The lowest BCUT2D eigenvalue weighted by atomic mass is 9.90. The van der Waals surface area contributed by atoms with Crippen molar-refractivity contribution in [3.63, 3.8) is 0 Å². The van der Waals surface area contributed by atoms with Gasteiger partial charge in [-0.3, -0.25) is 4.79 Å². The van der Waals surface area contributed by atoms with Crippen molar-refractivity contribution in [1.82, 2.24) is 14.4 Å². The molecule has 0 saturated carbocycles. The number of piperidine rings is 1. The molecule has 1 fully saturated rings. The van der Waals surface area contributed by atoms with Crippen LogP contribution in [0.4, 0.5) is 4.39 Å². The summed E-state index contributed by atoms with van der Waals surface area (Å²) in [4.78, 5) is 17.5. The minimum atomic E-state index is -0.189. The van der Waals surface area contributed by atoms with Gasteiger partial charge in [-0.1, -0.05) is 26.0 Å². The Morgan fingerprint density at radius 1 is 1.03 bits per heavy atom. The fourth-order valence-electron chi connectivity index (χ4n) is 4.79. The molecule has 0 aliphatic carbocycles. The first kappa shape index (κ1) is 22.5. The Kier molecular flexibility index (Phi) is 7.26. The van der Waals surface area contributed by atoms with Crippen molar-refractivity contribution in [1.29, 1.82) is 0 Å². The van der Waals surface area contributed by atoms with E-state index in [-0.39, 0.29) is 11.7 Å². The van der Waals surface area contributed by atoms with Crippen LogP contribution in [0.15, 0.2) is 54.7 Å². The van der Waals surface area contributed by atoms with Crippen molar-refractivity contribution >= 4 is 16.8 Å². The highest BCUT2D eigenvalue weighted by Gasteiger charge is 2.24. The lowest BCUT2D eigenvalue weighted by Gasteiger charge is -2.32. The second kappa shape index (κ2) is 10.3. The van der Waals surface area contributed by atoms with Gasteiger partial charge in [0.05, 0.1) is 0 Å². The Hall–Kier alpha value is -2.66. The number of nitrogens with zero attached hydrogens (tertiary/aromatic N) is 3. The summed E-state index contributed by atoms with van der Waals surface area (Å²) in [5, 5.41) is 1.13. The number of amides is 1. The van der Waals surface area contributed by atoms with E-state index in [0.29, 0.717) is 5.92 Å². The van der Waals surface area contributed by atoms with Gasteiger partial charge in [0.1, 0.15) is 5.82 Å². The summed E-state index contributed by atoms with van der Waals surface area (Å²) in [5.74, 6) is 0.486. The summed E-state index contributed by atoms with van der Waals surface area (Å²) in [7, 11) is 0. The maximum absolute atomic E-state index is 13.1. The number of halogens is 1. The van der Waals surface area contributed by atoms with Crippen LogP contribution in [0, 0.1) is 11.7 Å². The lowest BCUT2D eigenvalue weighted by Crippen LogP contribution is -2.38. The van der Waals surface area contributed by atoms with Crippen LogP contribution in [0.2, 0.25) is 0 Å². The fourth-order valence-corrected chi connectivity index (χ4v) is 4.79. The Labute approximate surface area is 190 Å². The average Bonchev–Trinajstić information content (AvgIpc) is 3.23. The second-order valence-corrected chi connectivity index (χ2v) is 8.88. The minimum absolute atomic E-state index is 0.128. The SMILES string of the molecule is CCN(CC)CCn1ccc2cc(C(=O)N3CCC(Cc4ccc(F)cc4)CC3)ccc21. The van der Waals surface area contributed by atoms with Crippen molar-refractivity contribution in [2.45, 2.75) is 39.7 Å². The molecule has 0 bridgehead atoms. The molecule has 4 rings (SSSR count). The van der Waals surface area contributed by atoms with E-state index < -0.39 is 0 Å². The van der Waals surface area contributed by atoms with E-state index in [4.69, 9.17) is 0 Å². The van der Waals surface area contributed by atoms with E-state index in [9.17, 15) is 9.18 Å². The van der Waals surface area contributed by atoms with E-state index in [2.05, 4.69) is 41.6 Å². The summed E-state index contributed by atoms with van der Waals surface area (Å²) in [6.45, 7) is 10.1. The summed E-state index contributed by atoms with van der Waals surface area (Å²) < 4.78 is 15.4. The van der Waals surface area contributed by atoms with Crippen LogP contribution < -0.4 is 0 Å². The summed E-state index contributed by atoms with van der Waals surface area (Å²) in [6.07, 6.45) is 5.07. The largest absolute Gasteiger partial charge is 0.346 e. The van der Waals surface area contributed by atoms with E-state index in [0.717, 1.165) is 69.5 Å². The van der Waals surface area contributed by atoms with Gasteiger partial charge in [-0.2, -0.15) is 0 Å². The third kappa shape index (κ3) is 5.21. The number of likely N-dealkylation sites (N-methyl/N-ethyl adjacent to an activating group) is 1. The fraction of sp³-hybridized carbons (Fsp3) is 0.444. The van der Waals surface area contributed by atoms with Crippen LogP contribution in [0.3, 0.4) is 0 Å². The van der Waals surface area contributed by atoms with Gasteiger partial charge in [0, 0.05) is 48.8 Å². The zero-order chi connectivity index (χ0) is 22.5. The summed E-state index contributed by atoms with van der Waals surface area (Å²) in [6, 6.07) is 15.0. The molecule has 4 nitrogen and oxygen atoms in total. The molecule has 1 aromatic heterocycles. The van der Waals surface area contributed by atoms with Crippen molar-refractivity contribution < 1.29 is 9.18 Å². The predicted molar refractivity (Wildman–Crippen MR) is 128 cm³/mol. The number of likely N-dealkylation sites (tertiary alicyclic amines) is 1. The number of carbonyl (C=O) groups is 1. The topological polar surface area (TPSA) is 28.5 Å². The molecule has 0 radical (unpaired) electrons. The number of carbonyl (C=O) groups excluding carboxylic acids is 1. The van der Waals surface area contributed by atoms with E-state index in [1.165, 1.54) is 23.2 Å². The van der Waals surface area contributed by atoms with Crippen LogP contribution in [-0.4, -0.2) is 53.0 Å². The number of aromatic nitrogens is 1. The van der Waals surface area contributed by atoms with Gasteiger partial charge >= 0.3 is 0 Å². The highest BCUT2D eigenvalue weighted by Crippen LogP contribution is 2.24. The normalized spacial score (nSPS) is 15.1. The number of hydrogen-bond acceptors (Lipinski definition) is 2. The van der Waals surface area contributed by atoms with Crippen molar-refractivity contribution in [3.05, 3.63) is 71.7 Å². The van der Waals surface area contributed by atoms with Crippen molar-refractivity contribution in [2.75, 3.05) is 32.7 Å². The standard InChI is InChI=1S/C27H34FN3O/c1-3-29(4-2)17-18-30-16-13-23-20-24(7-10-26(23)30)27(32)31-14-11-22(12-15-31)19-21-5-8-25(28)9-6-21/h5-10,13,16,20,22H,3-4,11-12,14-15,17-19H2,1-2H3. The van der Waals surface area contributed by atoms with Crippen molar-refractivity contribution in [2.24, 2.45) is 5.92 Å². The van der Waals surface area contributed by atoms with Crippen LogP contribution in [0.5, 0.6) is 0 Å².